The first-order valence-electron chi connectivity index (χ1n) is 10.1. The van der Waals surface area contributed by atoms with E-state index in [4.69, 9.17) is 9.47 Å². The highest BCUT2D eigenvalue weighted by Crippen LogP contribution is 2.33. The minimum Gasteiger partial charge on any atom is -0.493 e. The Hall–Kier alpha value is -3.06. The van der Waals surface area contributed by atoms with Crippen LogP contribution in [-0.2, 0) is 16.9 Å². The van der Waals surface area contributed by atoms with Gasteiger partial charge in [-0.2, -0.15) is 0 Å². The molecule has 0 aliphatic carbocycles. The van der Waals surface area contributed by atoms with Gasteiger partial charge in [0.25, 0.3) is 5.91 Å². The predicted molar refractivity (Wildman–Crippen MR) is 114 cm³/mol. The maximum absolute atomic E-state index is 13.3. The van der Waals surface area contributed by atoms with Gasteiger partial charge in [-0.25, -0.2) is 9.69 Å². The monoisotopic (exact) mass is 411 g/mol. The van der Waals surface area contributed by atoms with Gasteiger partial charge in [-0.1, -0.05) is 43.3 Å². The lowest BCUT2D eigenvalue weighted by Gasteiger charge is -2.27. The van der Waals surface area contributed by atoms with Crippen molar-refractivity contribution in [3.8, 4) is 11.5 Å². The Bertz CT molecular complexity index is 903. The zero-order chi connectivity index (χ0) is 21.7. The number of nitrogens with zero attached hydrogens (tertiary/aromatic N) is 2. The van der Waals surface area contributed by atoms with Crippen molar-refractivity contribution in [2.75, 3.05) is 27.4 Å². The van der Waals surface area contributed by atoms with E-state index in [0.717, 1.165) is 11.1 Å². The number of amides is 3. The molecule has 1 saturated heterocycles. The van der Waals surface area contributed by atoms with Crippen molar-refractivity contribution in [3.05, 3.63) is 59.7 Å². The quantitative estimate of drug-likeness (QED) is 0.641. The van der Waals surface area contributed by atoms with Gasteiger partial charge in [0.05, 0.1) is 20.4 Å². The molecule has 1 N–H and O–H groups in total. The second-order valence-electron chi connectivity index (χ2n) is 7.36. The van der Waals surface area contributed by atoms with E-state index in [9.17, 15) is 9.59 Å². The maximum Gasteiger partial charge on any atom is 0.326 e. The van der Waals surface area contributed by atoms with Gasteiger partial charge >= 0.3 is 6.03 Å². The number of benzene rings is 2. The molecule has 0 bridgehead atoms. The minimum atomic E-state index is -1.01. The van der Waals surface area contributed by atoms with Gasteiger partial charge in [0.15, 0.2) is 11.5 Å². The highest BCUT2D eigenvalue weighted by molar-refractivity contribution is 6.07. The number of urea groups is 1. The highest BCUT2D eigenvalue weighted by atomic mass is 16.5. The number of ether oxygens (including phenoxy) is 2. The summed E-state index contributed by atoms with van der Waals surface area (Å²) in [5.74, 6) is 1.13. The molecular weight excluding hydrogens is 382 g/mol. The normalized spacial score (nSPS) is 18.6. The summed E-state index contributed by atoms with van der Waals surface area (Å²) < 4.78 is 11.0. The molecule has 3 rings (SSSR count). The number of carbonyl (C=O) groups is 2. The molecule has 7 heteroatoms. The third-order valence-electron chi connectivity index (χ3n) is 5.34. The fourth-order valence-electron chi connectivity index (χ4n) is 3.80. The first-order valence-corrected chi connectivity index (χ1v) is 10.1. The van der Waals surface area contributed by atoms with E-state index in [1.807, 2.05) is 74.3 Å². The number of hydrogen-bond acceptors (Lipinski definition) is 5. The number of hydrogen-bond donors (Lipinski definition) is 1. The lowest BCUT2D eigenvalue weighted by atomic mass is 9.87. The van der Waals surface area contributed by atoms with Gasteiger partial charge in [0.2, 0.25) is 0 Å². The summed E-state index contributed by atoms with van der Waals surface area (Å²) in [4.78, 5) is 29.1. The van der Waals surface area contributed by atoms with Crippen LogP contribution in [0.5, 0.6) is 11.5 Å². The van der Waals surface area contributed by atoms with Crippen LogP contribution in [-0.4, -0.2) is 49.2 Å². The van der Waals surface area contributed by atoms with Crippen LogP contribution in [0, 0.1) is 0 Å². The van der Waals surface area contributed by atoms with Gasteiger partial charge in [-0.3, -0.25) is 9.69 Å². The molecule has 0 radical (unpaired) electrons. The summed E-state index contributed by atoms with van der Waals surface area (Å²) in [5.41, 5.74) is 0.781. The van der Waals surface area contributed by atoms with Crippen LogP contribution < -0.4 is 14.8 Å². The SMILES string of the molecule is CCOc1ccc(CN(C)CN2C(=O)N[C@](CC)(c3ccccc3)C2=O)cc1OC. The first kappa shape index (κ1) is 21.6. The van der Waals surface area contributed by atoms with E-state index in [-0.39, 0.29) is 18.6 Å². The minimum absolute atomic E-state index is 0.189. The van der Waals surface area contributed by atoms with E-state index in [1.54, 1.807) is 7.11 Å². The molecule has 1 aliphatic rings. The molecule has 2 aromatic carbocycles. The van der Waals surface area contributed by atoms with Crippen LogP contribution in [0.25, 0.3) is 0 Å². The van der Waals surface area contributed by atoms with Gasteiger partial charge in [0, 0.05) is 6.54 Å². The summed E-state index contributed by atoms with van der Waals surface area (Å²) >= 11 is 0. The Balaban J connectivity index is 1.73. The van der Waals surface area contributed by atoms with E-state index in [1.165, 1.54) is 4.90 Å². The van der Waals surface area contributed by atoms with Crippen LogP contribution in [0.1, 0.15) is 31.4 Å². The van der Waals surface area contributed by atoms with E-state index in [2.05, 4.69) is 5.32 Å². The maximum atomic E-state index is 13.3. The highest BCUT2D eigenvalue weighted by Gasteiger charge is 2.51. The lowest BCUT2D eigenvalue weighted by molar-refractivity contribution is -0.133. The molecule has 1 fully saturated rings. The largest absolute Gasteiger partial charge is 0.493 e. The van der Waals surface area contributed by atoms with Crippen LogP contribution in [0.4, 0.5) is 4.79 Å². The zero-order valence-corrected chi connectivity index (χ0v) is 18.0. The van der Waals surface area contributed by atoms with E-state index < -0.39 is 5.54 Å². The molecule has 3 amide bonds. The molecule has 1 atom stereocenters. The molecular formula is C23H29N3O4. The molecule has 0 spiro atoms. The average molecular weight is 412 g/mol. The molecule has 0 saturated carbocycles. The van der Waals surface area contributed by atoms with E-state index in [0.29, 0.717) is 31.1 Å². The lowest BCUT2D eigenvalue weighted by Crippen LogP contribution is -2.44. The number of carbonyl (C=O) groups excluding carboxylic acids is 2. The number of rotatable bonds is 9. The molecule has 160 valence electrons. The van der Waals surface area contributed by atoms with Crippen molar-refractivity contribution in [3.63, 3.8) is 0 Å². The topological polar surface area (TPSA) is 71.1 Å². The smallest absolute Gasteiger partial charge is 0.326 e. The third kappa shape index (κ3) is 4.11. The summed E-state index contributed by atoms with van der Waals surface area (Å²) in [6.45, 7) is 5.12. The Morgan fingerprint density at radius 3 is 2.43 bits per heavy atom. The Morgan fingerprint density at radius 2 is 1.80 bits per heavy atom. The van der Waals surface area contributed by atoms with Crippen LogP contribution in [0.2, 0.25) is 0 Å². The Kier molecular flexibility index (Phi) is 6.62. The fraction of sp³-hybridized carbons (Fsp3) is 0.391. The van der Waals surface area contributed by atoms with Crippen LogP contribution in [0.15, 0.2) is 48.5 Å². The van der Waals surface area contributed by atoms with Crippen molar-refractivity contribution in [2.24, 2.45) is 0 Å². The number of nitrogens with one attached hydrogen (secondary N) is 1. The van der Waals surface area contributed by atoms with Gasteiger partial charge in [0.1, 0.15) is 5.54 Å². The third-order valence-corrected chi connectivity index (χ3v) is 5.34. The summed E-state index contributed by atoms with van der Waals surface area (Å²) in [7, 11) is 3.48. The average Bonchev–Trinajstić information content (AvgIpc) is 3.00. The molecule has 30 heavy (non-hydrogen) atoms. The van der Waals surface area contributed by atoms with Gasteiger partial charge < -0.3 is 14.8 Å². The van der Waals surface area contributed by atoms with Crippen molar-refractivity contribution < 1.29 is 19.1 Å². The number of methoxy groups -OCH3 is 1. The fourth-order valence-corrected chi connectivity index (χ4v) is 3.80. The predicted octanol–water partition coefficient (Wildman–Crippen LogP) is 3.34. The van der Waals surface area contributed by atoms with Crippen LogP contribution >= 0.6 is 0 Å². The second-order valence-corrected chi connectivity index (χ2v) is 7.36. The molecule has 1 heterocycles. The summed E-state index contributed by atoms with van der Waals surface area (Å²) in [5, 5.41) is 2.92. The summed E-state index contributed by atoms with van der Waals surface area (Å²) in [6.07, 6.45) is 0.484. The molecule has 7 nitrogen and oxygen atoms in total. The van der Waals surface area contributed by atoms with Crippen molar-refractivity contribution in [1.29, 1.82) is 0 Å². The van der Waals surface area contributed by atoms with Gasteiger partial charge in [-0.05, 0) is 43.7 Å². The molecule has 1 aliphatic heterocycles. The van der Waals surface area contributed by atoms with Gasteiger partial charge in [-0.15, -0.1) is 0 Å². The Labute approximate surface area is 177 Å². The summed E-state index contributed by atoms with van der Waals surface area (Å²) in [6, 6.07) is 14.8. The number of imide groups is 1. The first-order chi connectivity index (χ1) is 14.4. The molecule has 0 unspecified atom stereocenters. The van der Waals surface area contributed by atoms with E-state index >= 15 is 0 Å². The molecule has 0 aromatic heterocycles. The zero-order valence-electron chi connectivity index (χ0n) is 18.0. The molecule has 2 aromatic rings. The van der Waals surface area contributed by atoms with Crippen molar-refractivity contribution in [1.82, 2.24) is 15.1 Å². The van der Waals surface area contributed by atoms with Crippen LogP contribution in [0.3, 0.4) is 0 Å². The Morgan fingerprint density at radius 1 is 1.07 bits per heavy atom. The second kappa shape index (κ2) is 9.17. The van der Waals surface area contributed by atoms with Crippen molar-refractivity contribution >= 4 is 11.9 Å². The standard InChI is InChI=1S/C23H29N3O4/c1-5-23(18-10-8-7-9-11-18)21(27)26(22(28)24-23)16-25(3)15-17-12-13-19(30-6-2)20(14-17)29-4/h7-14H,5-6,15-16H2,1-4H3,(H,24,28)/t23-/m1/s1. The van der Waals surface area contributed by atoms with Crippen molar-refractivity contribution in [2.45, 2.75) is 32.4 Å².